The maximum absolute atomic E-state index is 11.9. The second-order valence-corrected chi connectivity index (χ2v) is 7.62. The van der Waals surface area contributed by atoms with Crippen LogP contribution in [-0.2, 0) is 16.0 Å². The summed E-state index contributed by atoms with van der Waals surface area (Å²) >= 11 is 1.60. The first kappa shape index (κ1) is 21.1. The van der Waals surface area contributed by atoms with Gasteiger partial charge in [-0.15, -0.1) is 0 Å². The number of cyclic esters (lactones) is 1. The first-order chi connectivity index (χ1) is 13.0. The molecule has 0 bridgehead atoms. The Morgan fingerprint density at radius 1 is 1.44 bits per heavy atom. The summed E-state index contributed by atoms with van der Waals surface area (Å²) in [7, 11) is 0. The molecule has 1 aromatic carbocycles. The normalized spacial score (nSPS) is 17.2. The van der Waals surface area contributed by atoms with E-state index in [1.165, 1.54) is 0 Å². The molecule has 1 amide bonds. The molecule has 1 aliphatic rings. The van der Waals surface area contributed by atoms with Gasteiger partial charge < -0.3 is 14.9 Å². The van der Waals surface area contributed by atoms with Gasteiger partial charge >= 0.3 is 12.1 Å². The quantitative estimate of drug-likeness (QED) is 0.496. The van der Waals surface area contributed by atoms with E-state index in [1.54, 1.807) is 16.7 Å². The summed E-state index contributed by atoms with van der Waals surface area (Å²) in [5.41, 5.74) is 2.15. The van der Waals surface area contributed by atoms with Crippen LogP contribution in [-0.4, -0.2) is 64.0 Å². The standard InChI is InChI=1S/C20H25NO5S/c1-15-4-2-5-16(12-15)13-18(22)8-7-17-14-26-20(25)21(17)9-11-27-10-3-6-19(23)24/h2,4-5,12,17-18,22H,3,6,9-11,13-14H2,1H3,(H,23,24)/t17-,18+/m0/s1. The van der Waals surface area contributed by atoms with E-state index in [0.29, 0.717) is 25.1 Å². The Kier molecular flexibility index (Phi) is 8.49. The zero-order valence-electron chi connectivity index (χ0n) is 15.4. The average molecular weight is 391 g/mol. The van der Waals surface area contributed by atoms with Gasteiger partial charge in [-0.1, -0.05) is 41.7 Å². The van der Waals surface area contributed by atoms with Crippen LogP contribution in [0.2, 0.25) is 0 Å². The van der Waals surface area contributed by atoms with Crippen molar-refractivity contribution in [2.75, 3.05) is 24.7 Å². The van der Waals surface area contributed by atoms with Crippen molar-refractivity contribution in [2.24, 2.45) is 0 Å². The minimum Gasteiger partial charge on any atom is -0.481 e. The molecule has 1 saturated heterocycles. The van der Waals surface area contributed by atoms with Crippen molar-refractivity contribution >= 4 is 23.8 Å². The molecule has 1 fully saturated rings. The van der Waals surface area contributed by atoms with Gasteiger partial charge in [0, 0.05) is 25.1 Å². The van der Waals surface area contributed by atoms with Crippen LogP contribution in [0.1, 0.15) is 24.0 Å². The average Bonchev–Trinajstić information content (AvgIpc) is 2.96. The lowest BCUT2D eigenvalue weighted by atomic mass is 10.1. The van der Waals surface area contributed by atoms with E-state index in [9.17, 15) is 14.7 Å². The minimum absolute atomic E-state index is 0.158. The van der Waals surface area contributed by atoms with Gasteiger partial charge in [0.25, 0.3) is 0 Å². The molecule has 0 saturated carbocycles. The molecule has 0 spiro atoms. The van der Waals surface area contributed by atoms with Crippen LogP contribution in [0.4, 0.5) is 4.79 Å². The highest BCUT2D eigenvalue weighted by Crippen LogP contribution is 2.14. The molecule has 2 rings (SSSR count). The molecule has 7 heteroatoms. The van der Waals surface area contributed by atoms with E-state index in [2.05, 4.69) is 11.8 Å². The number of aliphatic hydroxyl groups is 1. The molecule has 0 aromatic heterocycles. The van der Waals surface area contributed by atoms with E-state index in [0.717, 1.165) is 16.9 Å². The summed E-state index contributed by atoms with van der Waals surface area (Å²) in [5, 5.41) is 18.8. The summed E-state index contributed by atoms with van der Waals surface area (Å²) in [6, 6.07) is 7.56. The summed E-state index contributed by atoms with van der Waals surface area (Å²) in [4.78, 5) is 23.9. The number of aryl methyl sites for hydroxylation is 1. The second kappa shape index (κ2) is 10.9. The highest BCUT2D eigenvalue weighted by molar-refractivity contribution is 7.99. The SMILES string of the molecule is Cc1cccc(C[C@H](O)C#C[C@H]2COC(=O)N2CCSCCCC(=O)O)c1. The van der Waals surface area contributed by atoms with Crippen LogP contribution in [0.15, 0.2) is 24.3 Å². The molecule has 27 heavy (non-hydrogen) atoms. The molecule has 0 aliphatic carbocycles. The molecule has 1 aromatic rings. The lowest BCUT2D eigenvalue weighted by Crippen LogP contribution is -2.34. The van der Waals surface area contributed by atoms with Gasteiger partial charge in [0.05, 0.1) is 0 Å². The fraction of sp³-hybridized carbons (Fsp3) is 0.500. The number of amides is 1. The van der Waals surface area contributed by atoms with E-state index in [4.69, 9.17) is 9.84 Å². The third kappa shape index (κ3) is 7.53. The van der Waals surface area contributed by atoms with Crippen molar-refractivity contribution in [1.29, 1.82) is 0 Å². The van der Waals surface area contributed by atoms with Gasteiger partial charge in [-0.05, 0) is 24.7 Å². The van der Waals surface area contributed by atoms with Gasteiger partial charge in [0.15, 0.2) is 0 Å². The van der Waals surface area contributed by atoms with Gasteiger partial charge in [-0.25, -0.2) is 4.79 Å². The molecule has 1 heterocycles. The van der Waals surface area contributed by atoms with Crippen LogP contribution in [0.25, 0.3) is 0 Å². The number of hydrogen-bond acceptors (Lipinski definition) is 5. The number of nitrogens with zero attached hydrogens (tertiary/aromatic N) is 1. The van der Waals surface area contributed by atoms with Crippen LogP contribution in [0, 0.1) is 18.8 Å². The van der Waals surface area contributed by atoms with Crippen molar-refractivity contribution in [1.82, 2.24) is 4.90 Å². The summed E-state index contributed by atoms with van der Waals surface area (Å²) in [6.07, 6.45) is 0.0171. The zero-order valence-corrected chi connectivity index (χ0v) is 16.2. The number of aliphatic hydroxyl groups excluding tert-OH is 1. The molecule has 146 valence electrons. The Labute approximate surface area is 163 Å². The minimum atomic E-state index is -0.797. The van der Waals surface area contributed by atoms with Crippen molar-refractivity contribution in [3.8, 4) is 11.8 Å². The monoisotopic (exact) mass is 391 g/mol. The lowest BCUT2D eigenvalue weighted by Gasteiger charge is -2.17. The topological polar surface area (TPSA) is 87.1 Å². The number of rotatable bonds is 9. The fourth-order valence-corrected chi connectivity index (χ4v) is 3.59. The molecular formula is C20H25NO5S. The van der Waals surface area contributed by atoms with E-state index in [1.807, 2.05) is 31.2 Å². The Hall–Kier alpha value is -2.17. The number of thioether (sulfide) groups is 1. The van der Waals surface area contributed by atoms with Crippen molar-refractivity contribution in [2.45, 2.75) is 38.3 Å². The lowest BCUT2D eigenvalue weighted by molar-refractivity contribution is -0.137. The highest BCUT2D eigenvalue weighted by atomic mass is 32.2. The fourth-order valence-electron chi connectivity index (χ4n) is 2.71. The first-order valence-corrected chi connectivity index (χ1v) is 10.1. The Morgan fingerprint density at radius 2 is 2.26 bits per heavy atom. The van der Waals surface area contributed by atoms with Gasteiger partial charge in [-0.3, -0.25) is 9.69 Å². The molecule has 1 aliphatic heterocycles. The molecule has 2 atom stereocenters. The highest BCUT2D eigenvalue weighted by Gasteiger charge is 2.31. The van der Waals surface area contributed by atoms with Crippen LogP contribution >= 0.6 is 11.8 Å². The third-order valence-corrected chi connectivity index (χ3v) is 5.11. The second-order valence-electron chi connectivity index (χ2n) is 6.39. The number of ether oxygens (including phenoxy) is 1. The number of carboxylic acids is 1. The number of aliphatic carboxylic acids is 1. The largest absolute Gasteiger partial charge is 0.481 e. The number of carbonyl (C=O) groups is 2. The van der Waals surface area contributed by atoms with Crippen LogP contribution in [0.3, 0.4) is 0 Å². The van der Waals surface area contributed by atoms with Gasteiger partial charge in [-0.2, -0.15) is 11.8 Å². The van der Waals surface area contributed by atoms with Crippen molar-refractivity contribution in [3.63, 3.8) is 0 Å². The Bertz CT molecular complexity index is 712. The smallest absolute Gasteiger partial charge is 0.411 e. The predicted molar refractivity (Wildman–Crippen MR) is 105 cm³/mol. The van der Waals surface area contributed by atoms with Gasteiger partial charge in [0.2, 0.25) is 0 Å². The number of carboxylic acid groups (broad SMARTS) is 1. The molecule has 6 nitrogen and oxygen atoms in total. The number of benzene rings is 1. The molecule has 0 unspecified atom stereocenters. The van der Waals surface area contributed by atoms with E-state index < -0.39 is 18.2 Å². The number of carbonyl (C=O) groups excluding carboxylic acids is 1. The summed E-state index contributed by atoms with van der Waals surface area (Å²) in [6.45, 7) is 2.69. The Balaban J connectivity index is 1.79. The molecule has 0 radical (unpaired) electrons. The van der Waals surface area contributed by atoms with Gasteiger partial charge in [0.1, 0.15) is 18.8 Å². The van der Waals surface area contributed by atoms with E-state index in [-0.39, 0.29) is 19.1 Å². The predicted octanol–water partition coefficient (Wildman–Crippen LogP) is 2.32. The molecular weight excluding hydrogens is 366 g/mol. The maximum Gasteiger partial charge on any atom is 0.411 e. The maximum atomic E-state index is 11.9. The zero-order chi connectivity index (χ0) is 19.6. The summed E-state index contributed by atoms with van der Waals surface area (Å²) < 4.78 is 5.07. The van der Waals surface area contributed by atoms with Crippen molar-refractivity contribution in [3.05, 3.63) is 35.4 Å². The Morgan fingerprint density at radius 3 is 3.00 bits per heavy atom. The number of hydrogen-bond donors (Lipinski definition) is 2. The third-order valence-electron chi connectivity index (χ3n) is 4.06. The van der Waals surface area contributed by atoms with Crippen LogP contribution in [0.5, 0.6) is 0 Å². The molecule has 2 N–H and O–H groups in total. The van der Waals surface area contributed by atoms with Crippen molar-refractivity contribution < 1.29 is 24.5 Å². The first-order valence-electron chi connectivity index (χ1n) is 8.93. The van der Waals surface area contributed by atoms with Crippen LogP contribution < -0.4 is 0 Å². The summed E-state index contributed by atoms with van der Waals surface area (Å²) in [5.74, 6) is 6.42. The van der Waals surface area contributed by atoms with E-state index >= 15 is 0 Å².